The normalized spacial score (nSPS) is 12.1. The topological polar surface area (TPSA) is 46.6 Å². The summed E-state index contributed by atoms with van der Waals surface area (Å²) in [7, 11) is -2.16. The molecule has 0 saturated heterocycles. The van der Waals surface area contributed by atoms with Gasteiger partial charge in [0, 0.05) is 0 Å². The summed E-state index contributed by atoms with van der Waals surface area (Å²) >= 11 is 0. The van der Waals surface area contributed by atoms with Crippen LogP contribution in [-0.2, 0) is 15.4 Å². The lowest BCUT2D eigenvalue weighted by atomic mass is 9.87. The molecule has 0 aromatic heterocycles. The zero-order valence-corrected chi connectivity index (χ0v) is 19.3. The van der Waals surface area contributed by atoms with E-state index in [1.807, 2.05) is 54.6 Å². The first-order valence-electron chi connectivity index (χ1n) is 10.2. The fourth-order valence-electron chi connectivity index (χ4n) is 3.19. The number of ether oxygens (including phenoxy) is 1. The zero-order valence-electron chi connectivity index (χ0n) is 18.4. The van der Waals surface area contributed by atoms with Crippen LogP contribution in [0.25, 0.3) is 6.08 Å². The molecule has 0 spiro atoms. The molecule has 0 heterocycles. The number of sulfonamides is 1. The third-order valence-corrected chi connectivity index (χ3v) is 6.86. The van der Waals surface area contributed by atoms with Crippen LogP contribution in [0, 0.1) is 0 Å². The van der Waals surface area contributed by atoms with Crippen LogP contribution in [0.4, 0.5) is 5.69 Å². The largest absolute Gasteiger partial charge is 0.497 e. The molecule has 0 atom stereocenters. The first-order valence-corrected chi connectivity index (χ1v) is 11.6. The molecule has 3 aromatic carbocycles. The molecule has 0 aliphatic rings. The second-order valence-corrected chi connectivity index (χ2v) is 10.2. The van der Waals surface area contributed by atoms with Crippen molar-refractivity contribution in [3.8, 4) is 5.75 Å². The molecule has 0 amide bonds. The predicted octanol–water partition coefficient (Wildman–Crippen LogP) is 5.90. The van der Waals surface area contributed by atoms with E-state index in [-0.39, 0.29) is 16.9 Å². The maximum atomic E-state index is 13.6. The summed E-state index contributed by atoms with van der Waals surface area (Å²) in [6.07, 6.45) is 3.79. The maximum Gasteiger partial charge on any atom is 0.264 e. The highest BCUT2D eigenvalue weighted by Crippen LogP contribution is 2.28. The summed E-state index contributed by atoms with van der Waals surface area (Å²) in [5.41, 5.74) is 2.64. The molecule has 3 aromatic rings. The van der Waals surface area contributed by atoms with Crippen molar-refractivity contribution >= 4 is 21.8 Å². The minimum atomic E-state index is -3.75. The Morgan fingerprint density at radius 2 is 1.48 bits per heavy atom. The molecule has 0 aliphatic heterocycles. The summed E-state index contributed by atoms with van der Waals surface area (Å²) in [5.74, 6) is 0.676. The van der Waals surface area contributed by atoms with Crippen LogP contribution in [0.2, 0.25) is 0 Å². The van der Waals surface area contributed by atoms with Gasteiger partial charge in [-0.25, -0.2) is 8.42 Å². The molecule has 0 radical (unpaired) electrons. The van der Waals surface area contributed by atoms with Crippen molar-refractivity contribution in [3.63, 3.8) is 0 Å². The molecule has 31 heavy (non-hydrogen) atoms. The Balaban J connectivity index is 1.96. The number of benzene rings is 3. The highest BCUT2D eigenvalue weighted by Gasteiger charge is 2.25. The highest BCUT2D eigenvalue weighted by molar-refractivity contribution is 7.92. The lowest BCUT2D eigenvalue weighted by Gasteiger charge is -2.24. The molecule has 0 saturated carbocycles. The van der Waals surface area contributed by atoms with E-state index >= 15 is 0 Å². The fraction of sp³-hybridized carbons (Fsp3) is 0.231. The van der Waals surface area contributed by atoms with Gasteiger partial charge in [-0.3, -0.25) is 4.31 Å². The predicted molar refractivity (Wildman–Crippen MR) is 128 cm³/mol. The number of methoxy groups -OCH3 is 1. The zero-order chi connectivity index (χ0) is 22.5. The second kappa shape index (κ2) is 9.40. The molecule has 0 aliphatic carbocycles. The van der Waals surface area contributed by atoms with E-state index in [2.05, 4.69) is 20.8 Å². The van der Waals surface area contributed by atoms with E-state index in [0.29, 0.717) is 11.4 Å². The van der Waals surface area contributed by atoms with Gasteiger partial charge in [0.05, 0.1) is 24.2 Å². The molecule has 162 valence electrons. The van der Waals surface area contributed by atoms with E-state index in [4.69, 9.17) is 4.74 Å². The van der Waals surface area contributed by atoms with Crippen molar-refractivity contribution in [2.75, 3.05) is 18.0 Å². The lowest BCUT2D eigenvalue weighted by molar-refractivity contribution is 0.415. The molecule has 5 heteroatoms. The van der Waals surface area contributed by atoms with Gasteiger partial charge < -0.3 is 4.74 Å². The molecule has 3 rings (SSSR count). The van der Waals surface area contributed by atoms with Gasteiger partial charge in [0.1, 0.15) is 5.75 Å². The van der Waals surface area contributed by atoms with Crippen molar-refractivity contribution in [2.45, 2.75) is 31.1 Å². The van der Waals surface area contributed by atoms with Crippen LogP contribution in [0.5, 0.6) is 5.75 Å². The summed E-state index contributed by atoms with van der Waals surface area (Å²) in [6.45, 7) is 6.53. The molecule has 0 unspecified atom stereocenters. The summed E-state index contributed by atoms with van der Waals surface area (Å²) < 4.78 is 33.7. The van der Waals surface area contributed by atoms with Gasteiger partial charge in [-0.1, -0.05) is 75.4 Å². The Bertz CT molecular complexity index is 1110. The molecular formula is C26H29NO3S. The van der Waals surface area contributed by atoms with Crippen LogP contribution >= 0.6 is 0 Å². The average molecular weight is 436 g/mol. The van der Waals surface area contributed by atoms with E-state index in [1.54, 1.807) is 43.5 Å². The van der Waals surface area contributed by atoms with E-state index in [1.165, 1.54) is 4.31 Å². The minimum absolute atomic E-state index is 0.0453. The Morgan fingerprint density at radius 1 is 0.871 bits per heavy atom. The quantitative estimate of drug-likeness (QED) is 0.464. The van der Waals surface area contributed by atoms with Crippen molar-refractivity contribution < 1.29 is 13.2 Å². The Hall–Kier alpha value is -3.05. The SMILES string of the molecule is COc1ccc(N(C/C=C/c2ccccc2)S(=O)(=O)c2ccc(C(C)(C)C)cc2)cc1. The Kier molecular flexibility index (Phi) is 6.86. The average Bonchev–Trinajstić information content (AvgIpc) is 2.77. The monoisotopic (exact) mass is 435 g/mol. The molecule has 0 bridgehead atoms. The minimum Gasteiger partial charge on any atom is -0.497 e. The van der Waals surface area contributed by atoms with Gasteiger partial charge in [-0.15, -0.1) is 0 Å². The van der Waals surface area contributed by atoms with Crippen LogP contribution < -0.4 is 9.04 Å². The lowest BCUT2D eigenvalue weighted by Crippen LogP contribution is -2.31. The molecule has 0 N–H and O–H groups in total. The van der Waals surface area contributed by atoms with Gasteiger partial charge in [0.25, 0.3) is 10.0 Å². The second-order valence-electron chi connectivity index (χ2n) is 8.32. The molecule has 0 fully saturated rings. The standard InChI is InChI=1S/C26H29NO3S/c1-26(2,3)22-12-18-25(19-13-22)31(28,29)27(23-14-16-24(30-4)17-15-23)20-8-11-21-9-6-5-7-10-21/h5-19H,20H2,1-4H3/b11-8+. The van der Waals surface area contributed by atoms with E-state index < -0.39 is 10.0 Å². The van der Waals surface area contributed by atoms with Gasteiger partial charge in [0.15, 0.2) is 0 Å². The van der Waals surface area contributed by atoms with Crippen molar-refractivity contribution in [3.05, 3.63) is 96.1 Å². The third-order valence-electron chi connectivity index (χ3n) is 5.05. The van der Waals surface area contributed by atoms with Crippen LogP contribution in [0.15, 0.2) is 89.8 Å². The number of hydrogen-bond donors (Lipinski definition) is 0. The summed E-state index contributed by atoms with van der Waals surface area (Å²) in [6, 6.07) is 24.0. The number of hydrogen-bond acceptors (Lipinski definition) is 3. The van der Waals surface area contributed by atoms with Gasteiger partial charge in [0.2, 0.25) is 0 Å². The third kappa shape index (κ3) is 5.56. The Labute approximate surface area is 185 Å². The van der Waals surface area contributed by atoms with E-state index in [9.17, 15) is 8.42 Å². The summed E-state index contributed by atoms with van der Waals surface area (Å²) in [5, 5.41) is 0. The van der Waals surface area contributed by atoms with Crippen LogP contribution in [-0.4, -0.2) is 22.1 Å². The highest BCUT2D eigenvalue weighted by atomic mass is 32.2. The first kappa shape index (κ1) is 22.6. The van der Waals surface area contributed by atoms with Crippen LogP contribution in [0.1, 0.15) is 31.9 Å². The Morgan fingerprint density at radius 3 is 2.03 bits per heavy atom. The van der Waals surface area contributed by atoms with Crippen molar-refractivity contribution in [1.29, 1.82) is 0 Å². The van der Waals surface area contributed by atoms with Crippen molar-refractivity contribution in [2.24, 2.45) is 0 Å². The number of nitrogens with zero attached hydrogens (tertiary/aromatic N) is 1. The smallest absolute Gasteiger partial charge is 0.264 e. The van der Waals surface area contributed by atoms with Gasteiger partial charge >= 0.3 is 0 Å². The molecular weight excluding hydrogens is 406 g/mol. The molecule has 4 nitrogen and oxygen atoms in total. The first-order chi connectivity index (χ1) is 14.7. The fourth-order valence-corrected chi connectivity index (χ4v) is 4.61. The number of anilines is 1. The van der Waals surface area contributed by atoms with E-state index in [0.717, 1.165) is 11.1 Å². The van der Waals surface area contributed by atoms with Gasteiger partial charge in [-0.05, 0) is 52.9 Å². The van der Waals surface area contributed by atoms with Crippen LogP contribution in [0.3, 0.4) is 0 Å². The summed E-state index contributed by atoms with van der Waals surface area (Å²) in [4.78, 5) is 0.268. The number of rotatable bonds is 7. The van der Waals surface area contributed by atoms with Gasteiger partial charge in [-0.2, -0.15) is 0 Å². The van der Waals surface area contributed by atoms with Crippen molar-refractivity contribution in [1.82, 2.24) is 0 Å². The maximum absolute atomic E-state index is 13.6.